The molecule has 1 unspecified atom stereocenters. The molecule has 0 fully saturated rings. The number of hydrogen-bond donors (Lipinski definition) is 0. The van der Waals surface area contributed by atoms with Gasteiger partial charge < -0.3 is 4.90 Å². The quantitative estimate of drug-likeness (QED) is 0.861. The van der Waals surface area contributed by atoms with Crippen LogP contribution in [0.5, 0.6) is 0 Å². The molecule has 1 aromatic carbocycles. The SMILES string of the molecule is CC(c1ccc(Cl)cc1)N(C)c1nccnc1C#N. The molecule has 1 aromatic heterocycles. The molecule has 0 saturated heterocycles. The second kappa shape index (κ2) is 5.68. The van der Waals surface area contributed by atoms with Crippen molar-refractivity contribution >= 4 is 17.4 Å². The maximum atomic E-state index is 9.06. The summed E-state index contributed by atoms with van der Waals surface area (Å²) in [6.45, 7) is 2.04. The molecular weight excluding hydrogens is 260 g/mol. The zero-order valence-electron chi connectivity index (χ0n) is 10.7. The predicted octanol–water partition coefficient (Wildman–Crippen LogP) is 3.20. The number of anilines is 1. The van der Waals surface area contributed by atoms with Gasteiger partial charge in [0, 0.05) is 24.5 Å². The molecule has 0 saturated carbocycles. The monoisotopic (exact) mass is 272 g/mol. The van der Waals surface area contributed by atoms with Gasteiger partial charge >= 0.3 is 0 Å². The van der Waals surface area contributed by atoms with Crippen LogP contribution in [0.2, 0.25) is 5.02 Å². The standard InChI is InChI=1S/C14H13ClN4/c1-10(11-3-5-12(15)6-4-11)19(2)14-13(9-16)17-7-8-18-14/h3-8,10H,1-2H3. The third kappa shape index (κ3) is 2.83. The Morgan fingerprint density at radius 1 is 1.21 bits per heavy atom. The van der Waals surface area contributed by atoms with E-state index < -0.39 is 0 Å². The molecule has 5 heteroatoms. The molecule has 0 radical (unpaired) electrons. The van der Waals surface area contributed by atoms with E-state index in [9.17, 15) is 0 Å². The largest absolute Gasteiger partial charge is 0.351 e. The van der Waals surface area contributed by atoms with E-state index in [1.165, 1.54) is 6.20 Å². The first kappa shape index (κ1) is 13.3. The van der Waals surface area contributed by atoms with Gasteiger partial charge in [-0.3, -0.25) is 0 Å². The number of halogens is 1. The number of aromatic nitrogens is 2. The molecule has 0 aliphatic heterocycles. The van der Waals surface area contributed by atoms with Gasteiger partial charge in [0.25, 0.3) is 0 Å². The summed E-state index contributed by atoms with van der Waals surface area (Å²) >= 11 is 5.88. The van der Waals surface area contributed by atoms with Crippen molar-refractivity contribution in [2.45, 2.75) is 13.0 Å². The first-order valence-electron chi connectivity index (χ1n) is 5.83. The van der Waals surface area contributed by atoms with Gasteiger partial charge in [0.2, 0.25) is 0 Å². The van der Waals surface area contributed by atoms with Crippen LogP contribution in [0.15, 0.2) is 36.7 Å². The molecule has 0 aliphatic rings. The predicted molar refractivity (Wildman–Crippen MR) is 75.0 cm³/mol. The minimum atomic E-state index is 0.0704. The third-order valence-corrected chi connectivity index (χ3v) is 3.30. The Labute approximate surface area is 117 Å². The van der Waals surface area contributed by atoms with E-state index in [2.05, 4.69) is 16.0 Å². The molecule has 1 heterocycles. The van der Waals surface area contributed by atoms with Gasteiger partial charge in [-0.1, -0.05) is 23.7 Å². The average molecular weight is 273 g/mol. The molecule has 0 bridgehead atoms. The van der Waals surface area contributed by atoms with Crippen molar-refractivity contribution in [1.29, 1.82) is 5.26 Å². The summed E-state index contributed by atoms with van der Waals surface area (Å²) in [6, 6.07) is 9.75. The van der Waals surface area contributed by atoms with E-state index in [-0.39, 0.29) is 6.04 Å². The van der Waals surface area contributed by atoms with Crippen LogP contribution in [-0.4, -0.2) is 17.0 Å². The molecule has 2 aromatic rings. The van der Waals surface area contributed by atoms with Crippen LogP contribution in [0.4, 0.5) is 5.82 Å². The summed E-state index contributed by atoms with van der Waals surface area (Å²) in [5.41, 5.74) is 1.42. The zero-order valence-corrected chi connectivity index (χ0v) is 11.5. The summed E-state index contributed by atoms with van der Waals surface area (Å²) in [4.78, 5) is 10.2. The van der Waals surface area contributed by atoms with Crippen LogP contribution in [0.1, 0.15) is 24.2 Å². The van der Waals surface area contributed by atoms with E-state index in [1.54, 1.807) is 6.20 Å². The lowest BCUT2D eigenvalue weighted by Crippen LogP contribution is -2.23. The first-order valence-corrected chi connectivity index (χ1v) is 6.20. The number of rotatable bonds is 3. The minimum absolute atomic E-state index is 0.0704. The highest BCUT2D eigenvalue weighted by Crippen LogP contribution is 2.25. The van der Waals surface area contributed by atoms with E-state index in [0.29, 0.717) is 16.5 Å². The van der Waals surface area contributed by atoms with E-state index >= 15 is 0 Å². The van der Waals surface area contributed by atoms with Crippen LogP contribution >= 0.6 is 11.6 Å². The topological polar surface area (TPSA) is 52.8 Å². The van der Waals surface area contributed by atoms with Crippen molar-refractivity contribution in [3.05, 3.63) is 52.9 Å². The maximum Gasteiger partial charge on any atom is 0.183 e. The molecule has 0 spiro atoms. The van der Waals surface area contributed by atoms with Crippen molar-refractivity contribution in [3.63, 3.8) is 0 Å². The number of nitrogens with zero attached hydrogens (tertiary/aromatic N) is 4. The summed E-state index contributed by atoms with van der Waals surface area (Å²) < 4.78 is 0. The maximum absolute atomic E-state index is 9.06. The van der Waals surface area contributed by atoms with Crippen LogP contribution < -0.4 is 4.90 Å². The summed E-state index contributed by atoms with van der Waals surface area (Å²) in [5, 5.41) is 9.76. The summed E-state index contributed by atoms with van der Waals surface area (Å²) in [5.74, 6) is 0.576. The van der Waals surface area contributed by atoms with Crippen LogP contribution in [0.3, 0.4) is 0 Å². The minimum Gasteiger partial charge on any atom is -0.351 e. The molecule has 0 aliphatic carbocycles. The van der Waals surface area contributed by atoms with Gasteiger partial charge in [-0.05, 0) is 24.6 Å². The molecule has 96 valence electrons. The van der Waals surface area contributed by atoms with Gasteiger partial charge in [0.05, 0.1) is 6.04 Å². The van der Waals surface area contributed by atoms with Gasteiger partial charge in [0.15, 0.2) is 11.5 Å². The lowest BCUT2D eigenvalue weighted by molar-refractivity contribution is 0.725. The summed E-state index contributed by atoms with van der Waals surface area (Å²) in [7, 11) is 1.89. The van der Waals surface area contributed by atoms with E-state index in [0.717, 1.165) is 5.56 Å². The van der Waals surface area contributed by atoms with Gasteiger partial charge in [-0.25, -0.2) is 9.97 Å². The fourth-order valence-electron chi connectivity index (χ4n) is 1.82. The fourth-order valence-corrected chi connectivity index (χ4v) is 1.94. The van der Waals surface area contributed by atoms with Crippen LogP contribution in [-0.2, 0) is 0 Å². The third-order valence-electron chi connectivity index (χ3n) is 3.05. The van der Waals surface area contributed by atoms with Crippen molar-refractivity contribution in [2.75, 3.05) is 11.9 Å². The van der Waals surface area contributed by atoms with Gasteiger partial charge in [-0.15, -0.1) is 0 Å². The van der Waals surface area contributed by atoms with E-state index in [4.69, 9.17) is 16.9 Å². The van der Waals surface area contributed by atoms with Gasteiger partial charge in [-0.2, -0.15) is 5.26 Å². The molecule has 2 rings (SSSR count). The highest BCUT2D eigenvalue weighted by atomic mass is 35.5. The van der Waals surface area contributed by atoms with Gasteiger partial charge in [0.1, 0.15) is 6.07 Å². The van der Waals surface area contributed by atoms with Crippen molar-refractivity contribution in [1.82, 2.24) is 9.97 Å². The Bertz CT molecular complexity index is 604. The Hall–Kier alpha value is -2.12. The smallest absolute Gasteiger partial charge is 0.183 e. The second-order valence-corrected chi connectivity index (χ2v) is 4.62. The second-order valence-electron chi connectivity index (χ2n) is 4.18. The Kier molecular flexibility index (Phi) is 3.98. The first-order chi connectivity index (χ1) is 9.13. The van der Waals surface area contributed by atoms with Crippen LogP contribution in [0, 0.1) is 11.3 Å². The molecule has 1 atom stereocenters. The Morgan fingerprint density at radius 2 is 1.84 bits per heavy atom. The lowest BCUT2D eigenvalue weighted by atomic mass is 10.1. The fraction of sp³-hybridized carbons (Fsp3) is 0.214. The number of benzene rings is 1. The van der Waals surface area contributed by atoms with E-state index in [1.807, 2.05) is 43.1 Å². The summed E-state index contributed by atoms with van der Waals surface area (Å²) in [6.07, 6.45) is 3.10. The number of hydrogen-bond acceptors (Lipinski definition) is 4. The van der Waals surface area contributed by atoms with Crippen molar-refractivity contribution < 1.29 is 0 Å². The molecule has 19 heavy (non-hydrogen) atoms. The lowest BCUT2D eigenvalue weighted by Gasteiger charge is -2.26. The van der Waals surface area contributed by atoms with Crippen molar-refractivity contribution in [3.8, 4) is 6.07 Å². The highest BCUT2D eigenvalue weighted by molar-refractivity contribution is 6.30. The molecule has 0 N–H and O–H groups in total. The van der Waals surface area contributed by atoms with Crippen molar-refractivity contribution in [2.24, 2.45) is 0 Å². The Balaban J connectivity index is 2.31. The Morgan fingerprint density at radius 3 is 2.47 bits per heavy atom. The molecule has 4 nitrogen and oxygen atoms in total. The normalized spacial score (nSPS) is 11.7. The number of nitriles is 1. The highest BCUT2D eigenvalue weighted by Gasteiger charge is 2.17. The zero-order chi connectivity index (χ0) is 13.8. The van der Waals surface area contributed by atoms with Crippen LogP contribution in [0.25, 0.3) is 0 Å². The molecular formula is C14H13ClN4. The average Bonchev–Trinajstić information content (AvgIpc) is 2.46. The molecule has 0 amide bonds.